The van der Waals surface area contributed by atoms with Crippen LogP contribution in [-0.2, 0) is 23.1 Å². The van der Waals surface area contributed by atoms with E-state index in [4.69, 9.17) is 0 Å². The first-order valence-corrected chi connectivity index (χ1v) is 15.0. The van der Waals surface area contributed by atoms with Crippen molar-refractivity contribution in [1.29, 1.82) is 5.26 Å². The third kappa shape index (κ3) is 4.97. The summed E-state index contributed by atoms with van der Waals surface area (Å²) in [4.78, 5) is 55.7. The maximum absolute atomic E-state index is 13.3. The van der Waals surface area contributed by atoms with Crippen LogP contribution in [0.4, 0.5) is 0 Å². The molecule has 0 spiro atoms. The van der Waals surface area contributed by atoms with Crippen LogP contribution in [0.15, 0.2) is 41.2 Å². The number of aryl methyl sites for hydroxylation is 2. The maximum atomic E-state index is 13.3. The van der Waals surface area contributed by atoms with Crippen molar-refractivity contribution in [2.45, 2.75) is 62.6 Å². The lowest BCUT2D eigenvalue weighted by Gasteiger charge is -2.37. The number of aromatic nitrogens is 3. The minimum atomic E-state index is -0.997. The highest BCUT2D eigenvalue weighted by Crippen LogP contribution is 2.48. The number of likely N-dealkylation sites (tertiary alicyclic amines) is 1. The fourth-order valence-electron chi connectivity index (χ4n) is 7.28. The van der Waals surface area contributed by atoms with Crippen LogP contribution in [0.2, 0.25) is 0 Å². The van der Waals surface area contributed by atoms with Crippen molar-refractivity contribution in [1.82, 2.24) is 36.0 Å². The molecule has 6 rings (SSSR count). The number of hydrogen-bond acceptors (Lipinski definition) is 7. The number of carbonyl (C=O) groups is 3. The van der Waals surface area contributed by atoms with E-state index < -0.39 is 11.1 Å². The Labute approximate surface area is 254 Å². The lowest BCUT2D eigenvalue weighted by atomic mass is 9.67. The number of H-pyrrole nitrogens is 2. The van der Waals surface area contributed by atoms with Crippen LogP contribution in [0.5, 0.6) is 0 Å². The van der Waals surface area contributed by atoms with Crippen LogP contribution in [0.1, 0.15) is 75.0 Å². The van der Waals surface area contributed by atoms with E-state index in [1.807, 2.05) is 31.2 Å². The average molecular weight is 597 g/mol. The monoisotopic (exact) mass is 596 g/mol. The molecule has 2 heterocycles. The van der Waals surface area contributed by atoms with E-state index in [1.54, 1.807) is 31.1 Å². The van der Waals surface area contributed by atoms with Gasteiger partial charge in [0.15, 0.2) is 0 Å². The molecule has 5 N–H and O–H groups in total. The molecule has 1 aliphatic heterocycles. The number of fused-ring (bicyclic) bond motifs is 3. The van der Waals surface area contributed by atoms with Crippen molar-refractivity contribution >= 4 is 17.7 Å². The second kappa shape index (κ2) is 11.4. The molecule has 4 atom stereocenters. The molecular formula is C32H36N8O4. The summed E-state index contributed by atoms with van der Waals surface area (Å²) in [5, 5.41) is 25.3. The number of nitrogens with one attached hydrogen (secondary N) is 5. The molecule has 2 fully saturated rings. The summed E-state index contributed by atoms with van der Waals surface area (Å²) in [7, 11) is 3.17. The van der Waals surface area contributed by atoms with Crippen LogP contribution >= 0.6 is 0 Å². The molecule has 1 saturated heterocycles. The fraction of sp³-hybridized carbons (Fsp3) is 0.438. The summed E-state index contributed by atoms with van der Waals surface area (Å²) in [6.45, 7) is 2.05. The van der Waals surface area contributed by atoms with Crippen molar-refractivity contribution < 1.29 is 14.4 Å². The number of rotatable bonds is 8. The Morgan fingerprint density at radius 1 is 1.05 bits per heavy atom. The highest BCUT2D eigenvalue weighted by Gasteiger charge is 2.54. The highest BCUT2D eigenvalue weighted by atomic mass is 16.2. The highest BCUT2D eigenvalue weighted by molar-refractivity contribution is 5.95. The molecule has 3 aromatic rings. The van der Waals surface area contributed by atoms with Gasteiger partial charge in [0.1, 0.15) is 11.9 Å². The maximum Gasteiger partial charge on any atom is 0.340 e. The Hall–Kier alpha value is -4.76. The van der Waals surface area contributed by atoms with E-state index in [0.717, 1.165) is 35.1 Å². The van der Waals surface area contributed by atoms with Crippen molar-refractivity contribution in [3.63, 3.8) is 0 Å². The fourth-order valence-corrected chi connectivity index (χ4v) is 7.28. The van der Waals surface area contributed by atoms with Gasteiger partial charge in [-0.15, -0.1) is 0 Å². The molecule has 2 aromatic carbocycles. The first-order chi connectivity index (χ1) is 21.2. The van der Waals surface area contributed by atoms with E-state index in [2.05, 4.69) is 37.2 Å². The van der Waals surface area contributed by atoms with E-state index in [-0.39, 0.29) is 42.4 Å². The largest absolute Gasteiger partial charge is 0.355 e. The van der Waals surface area contributed by atoms with Crippen LogP contribution in [0.25, 0.3) is 0 Å². The standard InChI is InChI=1S/C32H36N8O4/c1-17(36-16-27(41)40-23(15-33)12-22-13-26(22)40)14-32(30-37-31(44)39-38-30)24-8-6-20(28(42)34-2)10-18(24)4-5-19-11-21(29(43)35-3)7-9-25(19)32/h6-11,17,22-23,26,36H,4-5,12-14,16H2,1-3H3,(H,34,42)(H,35,43)(H2,37,38,39,44)/t17-,22+,23-,26-/m0/s1. The van der Waals surface area contributed by atoms with E-state index in [0.29, 0.717) is 42.1 Å². The second-order valence-electron chi connectivity index (χ2n) is 12.1. The zero-order valence-electron chi connectivity index (χ0n) is 25.0. The number of nitrogens with zero attached hydrogens (tertiary/aromatic N) is 3. The Balaban J connectivity index is 1.43. The number of hydrogen-bond donors (Lipinski definition) is 5. The van der Waals surface area contributed by atoms with Gasteiger partial charge >= 0.3 is 5.69 Å². The smallest absolute Gasteiger partial charge is 0.340 e. The van der Waals surface area contributed by atoms with Crippen molar-refractivity contribution in [3.8, 4) is 6.07 Å². The quantitative estimate of drug-likeness (QED) is 0.259. The molecular weight excluding hydrogens is 560 g/mol. The summed E-state index contributed by atoms with van der Waals surface area (Å²) < 4.78 is 0. The Morgan fingerprint density at radius 2 is 1.66 bits per heavy atom. The minimum Gasteiger partial charge on any atom is -0.355 e. The Morgan fingerprint density at radius 3 is 2.18 bits per heavy atom. The molecule has 0 radical (unpaired) electrons. The van der Waals surface area contributed by atoms with Crippen molar-refractivity contribution in [2.24, 2.45) is 5.92 Å². The molecule has 44 heavy (non-hydrogen) atoms. The van der Waals surface area contributed by atoms with Crippen LogP contribution in [-0.4, -0.2) is 76.6 Å². The van der Waals surface area contributed by atoms with Gasteiger partial charge in [0.05, 0.1) is 18.0 Å². The van der Waals surface area contributed by atoms with E-state index >= 15 is 0 Å². The second-order valence-corrected chi connectivity index (χ2v) is 12.1. The number of benzene rings is 2. The zero-order valence-corrected chi connectivity index (χ0v) is 25.0. The molecule has 3 amide bonds. The number of aromatic amines is 2. The lowest BCUT2D eigenvalue weighted by molar-refractivity contribution is -0.131. The minimum absolute atomic E-state index is 0.0701. The molecule has 3 aliphatic rings. The van der Waals surface area contributed by atoms with Gasteiger partial charge in [0.2, 0.25) is 5.91 Å². The summed E-state index contributed by atoms with van der Waals surface area (Å²) in [5.41, 5.74) is 3.17. The molecule has 1 aromatic heterocycles. The normalized spacial score (nSPS) is 21.6. The third-order valence-electron chi connectivity index (χ3n) is 9.43. The van der Waals surface area contributed by atoms with Gasteiger partial charge < -0.3 is 20.9 Å². The van der Waals surface area contributed by atoms with Crippen LogP contribution < -0.4 is 21.6 Å². The summed E-state index contributed by atoms with van der Waals surface area (Å²) in [6, 6.07) is 12.9. The van der Waals surface area contributed by atoms with Gasteiger partial charge in [-0.1, -0.05) is 12.1 Å². The number of piperidine rings is 1. The average Bonchev–Trinajstić information content (AvgIpc) is 3.53. The number of nitriles is 1. The predicted octanol–water partition coefficient (Wildman–Crippen LogP) is 1.13. The van der Waals surface area contributed by atoms with E-state index in [1.165, 1.54) is 0 Å². The summed E-state index contributed by atoms with van der Waals surface area (Å²) >= 11 is 0. The van der Waals surface area contributed by atoms with Crippen LogP contribution in [0.3, 0.4) is 0 Å². The van der Waals surface area contributed by atoms with E-state index in [9.17, 15) is 24.4 Å². The van der Waals surface area contributed by atoms with Gasteiger partial charge in [-0.2, -0.15) is 10.4 Å². The van der Waals surface area contributed by atoms with Gasteiger partial charge in [-0.05, 0) is 91.5 Å². The van der Waals surface area contributed by atoms with Gasteiger partial charge in [0, 0.05) is 37.3 Å². The SMILES string of the molecule is CNC(=O)c1ccc2c(c1)CCc1cc(C(=O)NC)ccc1C2(C[C@H](C)NCC(=O)N1[C@H](C#N)C[C@@H]2C[C@@H]21)c1n[nH]c(=O)[nH]1. The zero-order chi connectivity index (χ0) is 31.2. The molecule has 12 nitrogen and oxygen atoms in total. The first kappa shape index (κ1) is 29.3. The molecule has 12 heteroatoms. The Bertz CT molecular complexity index is 1670. The predicted molar refractivity (Wildman–Crippen MR) is 161 cm³/mol. The Kier molecular flexibility index (Phi) is 7.59. The van der Waals surface area contributed by atoms with Crippen LogP contribution in [0, 0.1) is 17.2 Å². The molecule has 0 bridgehead atoms. The summed E-state index contributed by atoms with van der Waals surface area (Å²) in [5.74, 6) is 0.317. The van der Waals surface area contributed by atoms with Crippen molar-refractivity contribution in [3.05, 3.63) is 86.1 Å². The molecule has 2 aliphatic carbocycles. The van der Waals surface area contributed by atoms with Gasteiger partial charge in [0.25, 0.3) is 11.8 Å². The molecule has 0 unspecified atom stereocenters. The first-order valence-electron chi connectivity index (χ1n) is 15.0. The van der Waals surface area contributed by atoms with Gasteiger partial charge in [-0.25, -0.2) is 9.89 Å². The molecule has 228 valence electrons. The number of carbonyl (C=O) groups excluding carboxylic acids is 3. The summed E-state index contributed by atoms with van der Waals surface area (Å²) in [6.07, 6.45) is 3.27. The molecule has 1 saturated carbocycles. The van der Waals surface area contributed by atoms with Crippen molar-refractivity contribution in [2.75, 3.05) is 20.6 Å². The number of amides is 3. The lowest BCUT2D eigenvalue weighted by Crippen LogP contribution is -2.46. The van der Waals surface area contributed by atoms with Gasteiger partial charge in [-0.3, -0.25) is 19.4 Å². The third-order valence-corrected chi connectivity index (χ3v) is 9.43. The topological polar surface area (TPSA) is 176 Å².